The van der Waals surface area contributed by atoms with Crippen molar-refractivity contribution in [2.75, 3.05) is 31.3 Å². The SMILES string of the molecule is COc1cc(N(CC(=O)NC(C)c2ccccc2)S(C)(=O)=O)c(OC)cc1Cl. The lowest BCUT2D eigenvalue weighted by molar-refractivity contribution is -0.120. The molecule has 1 atom stereocenters. The van der Waals surface area contributed by atoms with Gasteiger partial charge in [0.25, 0.3) is 0 Å². The van der Waals surface area contributed by atoms with Gasteiger partial charge in [0.05, 0.1) is 37.2 Å². The normalized spacial score (nSPS) is 12.2. The molecule has 0 bridgehead atoms. The molecule has 0 spiro atoms. The molecule has 0 aliphatic heterocycles. The molecule has 28 heavy (non-hydrogen) atoms. The summed E-state index contributed by atoms with van der Waals surface area (Å²) in [6, 6.07) is 12.0. The highest BCUT2D eigenvalue weighted by molar-refractivity contribution is 7.92. The largest absolute Gasteiger partial charge is 0.495 e. The van der Waals surface area contributed by atoms with Gasteiger partial charge in [-0.05, 0) is 12.5 Å². The number of nitrogens with one attached hydrogen (secondary N) is 1. The molecule has 0 heterocycles. The second-order valence-electron chi connectivity index (χ2n) is 6.13. The summed E-state index contributed by atoms with van der Waals surface area (Å²) in [5.74, 6) is 0.0158. The van der Waals surface area contributed by atoms with E-state index in [1.54, 1.807) is 0 Å². The minimum atomic E-state index is -3.79. The summed E-state index contributed by atoms with van der Waals surface area (Å²) in [4.78, 5) is 12.6. The van der Waals surface area contributed by atoms with Crippen LogP contribution in [0.5, 0.6) is 11.5 Å². The van der Waals surface area contributed by atoms with Gasteiger partial charge in [0.1, 0.15) is 18.0 Å². The summed E-state index contributed by atoms with van der Waals surface area (Å²) in [6.45, 7) is 1.40. The van der Waals surface area contributed by atoms with E-state index >= 15 is 0 Å². The molecule has 0 aliphatic rings. The van der Waals surface area contributed by atoms with E-state index in [1.807, 2.05) is 37.3 Å². The first kappa shape index (κ1) is 21.8. The molecular weight excluding hydrogens is 404 g/mol. The topological polar surface area (TPSA) is 84.9 Å². The summed E-state index contributed by atoms with van der Waals surface area (Å²) in [5, 5.41) is 3.07. The van der Waals surface area contributed by atoms with Gasteiger partial charge >= 0.3 is 0 Å². The Hall–Kier alpha value is -2.45. The monoisotopic (exact) mass is 426 g/mol. The number of sulfonamides is 1. The molecule has 0 saturated heterocycles. The fourth-order valence-electron chi connectivity index (χ4n) is 2.66. The number of hydrogen-bond donors (Lipinski definition) is 1. The fraction of sp³-hybridized carbons (Fsp3) is 0.316. The standard InChI is InChI=1S/C19H23ClN2O5S/c1-13(14-8-6-5-7-9-14)21-19(23)12-22(28(4,24)25)16-11-17(26-2)15(20)10-18(16)27-3/h5-11,13H,12H2,1-4H3,(H,21,23). The summed E-state index contributed by atoms with van der Waals surface area (Å²) in [7, 11) is -0.988. The number of methoxy groups -OCH3 is 2. The molecule has 9 heteroatoms. The number of hydrogen-bond acceptors (Lipinski definition) is 5. The van der Waals surface area contributed by atoms with Crippen LogP contribution in [0.15, 0.2) is 42.5 Å². The summed E-state index contributed by atoms with van der Waals surface area (Å²) >= 11 is 6.09. The zero-order valence-electron chi connectivity index (χ0n) is 16.1. The molecule has 2 aromatic carbocycles. The predicted molar refractivity (Wildman–Crippen MR) is 110 cm³/mol. The van der Waals surface area contributed by atoms with Crippen molar-refractivity contribution in [1.29, 1.82) is 0 Å². The van der Waals surface area contributed by atoms with Crippen molar-refractivity contribution in [3.8, 4) is 11.5 Å². The number of halogens is 1. The van der Waals surface area contributed by atoms with Gasteiger partial charge in [-0.3, -0.25) is 9.10 Å². The molecule has 0 aliphatic carbocycles. The molecule has 0 fully saturated rings. The number of rotatable bonds is 8. The van der Waals surface area contributed by atoms with Gasteiger partial charge in [-0.1, -0.05) is 41.9 Å². The van der Waals surface area contributed by atoms with Crippen LogP contribution in [0.25, 0.3) is 0 Å². The van der Waals surface area contributed by atoms with E-state index in [2.05, 4.69) is 5.32 Å². The summed E-state index contributed by atoms with van der Waals surface area (Å²) in [5.41, 5.74) is 1.07. The van der Waals surface area contributed by atoms with Gasteiger partial charge < -0.3 is 14.8 Å². The Labute approximate surface area is 170 Å². The zero-order valence-corrected chi connectivity index (χ0v) is 17.7. The van der Waals surface area contributed by atoms with Crippen molar-refractivity contribution in [1.82, 2.24) is 5.32 Å². The first-order valence-corrected chi connectivity index (χ1v) is 10.6. The van der Waals surface area contributed by atoms with Crippen LogP contribution in [0.3, 0.4) is 0 Å². The number of amides is 1. The number of benzene rings is 2. The van der Waals surface area contributed by atoms with E-state index in [0.717, 1.165) is 16.1 Å². The maximum absolute atomic E-state index is 12.6. The minimum Gasteiger partial charge on any atom is -0.495 e. The molecule has 2 aromatic rings. The molecule has 1 amide bonds. The third-order valence-corrected chi connectivity index (χ3v) is 5.51. The lowest BCUT2D eigenvalue weighted by atomic mass is 10.1. The molecule has 0 aromatic heterocycles. The van der Waals surface area contributed by atoms with E-state index < -0.39 is 22.5 Å². The van der Waals surface area contributed by atoms with E-state index in [0.29, 0.717) is 0 Å². The molecule has 1 N–H and O–H groups in total. The van der Waals surface area contributed by atoms with Crippen LogP contribution in [-0.4, -0.2) is 41.3 Å². The maximum Gasteiger partial charge on any atom is 0.241 e. The van der Waals surface area contributed by atoms with E-state index in [1.165, 1.54) is 26.4 Å². The lowest BCUT2D eigenvalue weighted by Gasteiger charge is -2.25. The third kappa shape index (κ3) is 5.30. The molecular formula is C19H23ClN2O5S. The highest BCUT2D eigenvalue weighted by atomic mass is 35.5. The number of anilines is 1. The van der Waals surface area contributed by atoms with Crippen molar-refractivity contribution < 1.29 is 22.7 Å². The Morgan fingerprint density at radius 2 is 1.75 bits per heavy atom. The van der Waals surface area contributed by atoms with Crippen LogP contribution >= 0.6 is 11.6 Å². The third-order valence-electron chi connectivity index (χ3n) is 4.09. The van der Waals surface area contributed by atoms with Gasteiger partial charge in [-0.2, -0.15) is 0 Å². The highest BCUT2D eigenvalue weighted by Crippen LogP contribution is 2.38. The van der Waals surface area contributed by atoms with E-state index in [-0.39, 0.29) is 28.3 Å². The Morgan fingerprint density at radius 3 is 2.29 bits per heavy atom. The predicted octanol–water partition coefficient (Wildman–Crippen LogP) is 3.00. The molecule has 7 nitrogen and oxygen atoms in total. The van der Waals surface area contributed by atoms with E-state index in [4.69, 9.17) is 21.1 Å². The average molecular weight is 427 g/mol. The van der Waals surface area contributed by atoms with Crippen LogP contribution < -0.4 is 19.1 Å². The Kier molecular flexibility index (Phi) is 7.15. The highest BCUT2D eigenvalue weighted by Gasteiger charge is 2.26. The summed E-state index contributed by atoms with van der Waals surface area (Å²) in [6.07, 6.45) is 1.02. The fourth-order valence-corrected chi connectivity index (χ4v) is 3.75. The van der Waals surface area contributed by atoms with Gasteiger partial charge in [0, 0.05) is 12.1 Å². The van der Waals surface area contributed by atoms with Crippen LogP contribution in [0, 0.1) is 0 Å². The molecule has 2 rings (SSSR count). The van der Waals surface area contributed by atoms with Crippen molar-refractivity contribution in [3.05, 3.63) is 53.1 Å². The van der Waals surface area contributed by atoms with E-state index in [9.17, 15) is 13.2 Å². The number of ether oxygens (including phenoxy) is 2. The smallest absolute Gasteiger partial charge is 0.241 e. The van der Waals surface area contributed by atoms with Gasteiger partial charge in [-0.15, -0.1) is 0 Å². The average Bonchev–Trinajstić information content (AvgIpc) is 2.65. The Balaban J connectivity index is 2.32. The first-order chi connectivity index (χ1) is 13.2. The second kappa shape index (κ2) is 9.16. The number of nitrogens with zero attached hydrogens (tertiary/aromatic N) is 1. The van der Waals surface area contributed by atoms with Crippen LogP contribution in [0.1, 0.15) is 18.5 Å². The minimum absolute atomic E-state index is 0.161. The molecule has 0 radical (unpaired) electrons. The van der Waals surface area contributed by atoms with Crippen molar-refractivity contribution in [3.63, 3.8) is 0 Å². The zero-order chi connectivity index (χ0) is 20.9. The first-order valence-electron chi connectivity index (χ1n) is 8.41. The van der Waals surface area contributed by atoms with Gasteiger partial charge in [-0.25, -0.2) is 8.42 Å². The summed E-state index contributed by atoms with van der Waals surface area (Å²) < 4.78 is 36.2. The quantitative estimate of drug-likeness (QED) is 0.701. The van der Waals surface area contributed by atoms with Gasteiger partial charge in [0.15, 0.2) is 0 Å². The maximum atomic E-state index is 12.6. The van der Waals surface area contributed by atoms with Crippen LogP contribution in [0.2, 0.25) is 5.02 Å². The van der Waals surface area contributed by atoms with Crippen LogP contribution in [-0.2, 0) is 14.8 Å². The lowest BCUT2D eigenvalue weighted by Crippen LogP contribution is -2.41. The molecule has 152 valence electrons. The van der Waals surface area contributed by atoms with Gasteiger partial charge in [0.2, 0.25) is 15.9 Å². The number of carbonyl (C=O) groups is 1. The van der Waals surface area contributed by atoms with Crippen molar-refractivity contribution >= 4 is 33.2 Å². The Bertz CT molecular complexity index is 935. The van der Waals surface area contributed by atoms with Crippen LogP contribution in [0.4, 0.5) is 5.69 Å². The second-order valence-corrected chi connectivity index (χ2v) is 8.44. The molecule has 0 saturated carbocycles. The Morgan fingerprint density at radius 1 is 1.14 bits per heavy atom. The van der Waals surface area contributed by atoms with Crippen molar-refractivity contribution in [2.45, 2.75) is 13.0 Å². The number of carbonyl (C=O) groups excluding carboxylic acids is 1. The van der Waals surface area contributed by atoms with Crippen molar-refractivity contribution in [2.24, 2.45) is 0 Å². The molecule has 1 unspecified atom stereocenters.